The van der Waals surface area contributed by atoms with E-state index in [1.54, 1.807) is 38.1 Å². The summed E-state index contributed by atoms with van der Waals surface area (Å²) in [5, 5.41) is 1.54. The molecule has 4 nitrogen and oxygen atoms in total. The number of ether oxygens (including phenoxy) is 1. The second-order valence-corrected chi connectivity index (χ2v) is 7.35. The van der Waals surface area contributed by atoms with Crippen molar-refractivity contribution >= 4 is 34.4 Å². The number of carbonyl (C=O) groups is 2. The molecule has 1 aromatic heterocycles. The molecule has 0 saturated heterocycles. The van der Waals surface area contributed by atoms with Gasteiger partial charge in [-0.25, -0.2) is 9.36 Å². The van der Waals surface area contributed by atoms with Crippen molar-refractivity contribution in [2.24, 2.45) is 0 Å². The molecule has 2 aromatic carbocycles. The summed E-state index contributed by atoms with van der Waals surface area (Å²) in [7, 11) is 0. The van der Waals surface area contributed by atoms with Gasteiger partial charge in [-0.1, -0.05) is 29.8 Å². The van der Waals surface area contributed by atoms with Crippen LogP contribution in [0.25, 0.3) is 10.9 Å². The van der Waals surface area contributed by atoms with Crippen molar-refractivity contribution in [3.8, 4) is 0 Å². The molecule has 0 atom stereocenters. The quantitative estimate of drug-likeness (QED) is 0.559. The van der Waals surface area contributed by atoms with Gasteiger partial charge < -0.3 is 4.74 Å². The molecule has 0 aliphatic rings. The molecule has 0 saturated carbocycles. The van der Waals surface area contributed by atoms with Crippen LogP contribution in [-0.2, 0) is 4.74 Å². The third-order valence-corrected chi connectivity index (χ3v) is 4.45. The van der Waals surface area contributed by atoms with Crippen LogP contribution >= 0.6 is 11.6 Å². The number of halogens is 1. The van der Waals surface area contributed by atoms with Crippen LogP contribution in [0.5, 0.6) is 0 Å². The van der Waals surface area contributed by atoms with Crippen LogP contribution in [0.15, 0.2) is 54.6 Å². The minimum atomic E-state index is -0.939. The van der Waals surface area contributed by atoms with Gasteiger partial charge >= 0.3 is 6.09 Å². The lowest BCUT2D eigenvalue weighted by Gasteiger charge is -2.25. The fraction of sp³-hybridized carbons (Fsp3) is 0.238. The molecule has 26 heavy (non-hydrogen) atoms. The van der Waals surface area contributed by atoms with Crippen LogP contribution in [0, 0.1) is 6.92 Å². The highest BCUT2D eigenvalue weighted by Crippen LogP contribution is 2.24. The Hall–Kier alpha value is -2.59. The third kappa shape index (κ3) is 3.81. The molecule has 0 aliphatic heterocycles. The van der Waals surface area contributed by atoms with Crippen molar-refractivity contribution in [1.29, 1.82) is 0 Å². The molecule has 0 unspecified atom stereocenters. The summed E-state index contributed by atoms with van der Waals surface area (Å²) in [5.74, 6) is -0.103. The second kappa shape index (κ2) is 6.96. The van der Waals surface area contributed by atoms with E-state index >= 15 is 0 Å². The summed E-state index contributed by atoms with van der Waals surface area (Å²) in [4.78, 5) is 25.2. The van der Waals surface area contributed by atoms with Crippen LogP contribution in [0.1, 0.15) is 36.3 Å². The van der Waals surface area contributed by atoms with E-state index in [9.17, 15) is 9.59 Å². The Bertz CT molecular complexity index is 971. The van der Waals surface area contributed by atoms with Gasteiger partial charge in [0.25, 0.3) is 0 Å². The maximum Gasteiger partial charge on any atom is 0.419 e. The molecule has 0 spiro atoms. The Kier molecular flexibility index (Phi) is 4.88. The topological polar surface area (TPSA) is 48.3 Å². The minimum Gasteiger partial charge on any atom is -0.442 e. The van der Waals surface area contributed by atoms with E-state index in [0.717, 1.165) is 16.6 Å². The van der Waals surface area contributed by atoms with Crippen LogP contribution in [0.2, 0.25) is 5.02 Å². The molecule has 3 aromatic rings. The first kappa shape index (κ1) is 18.2. The number of benzene rings is 2. The maximum atomic E-state index is 12.7. The number of nitrogens with zero attached hydrogens (tertiary/aromatic N) is 1. The smallest absolute Gasteiger partial charge is 0.419 e. The van der Waals surface area contributed by atoms with Crippen molar-refractivity contribution in [2.75, 3.05) is 0 Å². The fourth-order valence-corrected chi connectivity index (χ4v) is 3.10. The van der Waals surface area contributed by atoms with Gasteiger partial charge in [-0.15, -0.1) is 0 Å². The highest BCUT2D eigenvalue weighted by atomic mass is 35.5. The molecule has 0 amide bonds. The molecular weight excluding hydrogens is 350 g/mol. The van der Waals surface area contributed by atoms with E-state index in [2.05, 4.69) is 0 Å². The Balaban J connectivity index is 1.77. The van der Waals surface area contributed by atoms with Crippen molar-refractivity contribution < 1.29 is 14.3 Å². The lowest BCUT2D eigenvalue weighted by Crippen LogP contribution is -2.33. The zero-order valence-electron chi connectivity index (χ0n) is 15.0. The number of hydrogen-bond donors (Lipinski definition) is 0. The molecule has 0 aliphatic carbocycles. The van der Waals surface area contributed by atoms with E-state index in [1.165, 1.54) is 4.57 Å². The number of Topliss-reactive ketones (excluding diaryl/α,β-unsaturated/α-hetero) is 1. The summed E-state index contributed by atoms with van der Waals surface area (Å²) in [6, 6.07) is 16.2. The lowest BCUT2D eigenvalue weighted by molar-refractivity contribution is 0.0334. The normalized spacial score (nSPS) is 11.5. The molecule has 134 valence electrons. The van der Waals surface area contributed by atoms with Crippen LogP contribution < -0.4 is 0 Å². The van der Waals surface area contributed by atoms with E-state index in [-0.39, 0.29) is 12.2 Å². The van der Waals surface area contributed by atoms with Gasteiger partial charge in [0.05, 0.1) is 11.9 Å². The van der Waals surface area contributed by atoms with E-state index < -0.39 is 11.7 Å². The third-order valence-electron chi connectivity index (χ3n) is 4.19. The maximum absolute atomic E-state index is 12.7. The first-order valence-corrected chi connectivity index (χ1v) is 8.74. The molecule has 3 rings (SSSR count). The SMILES string of the molecule is Cc1cc2ccccc2n1C(=O)OC(C)(C)CC(=O)c1ccc(Cl)cc1. The second-order valence-electron chi connectivity index (χ2n) is 6.91. The highest BCUT2D eigenvalue weighted by molar-refractivity contribution is 6.30. The largest absolute Gasteiger partial charge is 0.442 e. The Labute approximate surface area is 157 Å². The van der Waals surface area contributed by atoms with Crippen LogP contribution in [0.4, 0.5) is 4.79 Å². The molecule has 0 N–H and O–H groups in total. The number of aryl methyl sites for hydroxylation is 1. The molecule has 1 heterocycles. The zero-order chi connectivity index (χ0) is 18.9. The average Bonchev–Trinajstić information content (AvgIpc) is 2.90. The number of rotatable bonds is 4. The predicted octanol–water partition coefficient (Wildman–Crippen LogP) is 5.64. The molecule has 0 bridgehead atoms. The van der Waals surface area contributed by atoms with Gasteiger partial charge in [-0.05, 0) is 57.2 Å². The van der Waals surface area contributed by atoms with E-state index in [4.69, 9.17) is 16.3 Å². The first-order valence-electron chi connectivity index (χ1n) is 8.36. The number of para-hydroxylation sites is 1. The standard InChI is InChI=1S/C21H20ClNO3/c1-14-12-16-6-4-5-7-18(16)23(14)20(25)26-21(2,3)13-19(24)15-8-10-17(22)11-9-15/h4-12H,13H2,1-3H3. The van der Waals surface area contributed by atoms with Gasteiger partial charge in [-0.3, -0.25) is 4.79 Å². The first-order chi connectivity index (χ1) is 12.3. The summed E-state index contributed by atoms with van der Waals surface area (Å²) >= 11 is 5.85. The van der Waals surface area contributed by atoms with Gasteiger partial charge in [0.15, 0.2) is 5.78 Å². The summed E-state index contributed by atoms with van der Waals surface area (Å²) in [6.07, 6.45) is -0.406. The summed E-state index contributed by atoms with van der Waals surface area (Å²) in [6.45, 7) is 5.33. The van der Waals surface area contributed by atoms with Crippen molar-refractivity contribution in [2.45, 2.75) is 32.8 Å². The number of ketones is 1. The van der Waals surface area contributed by atoms with E-state index in [0.29, 0.717) is 10.6 Å². The van der Waals surface area contributed by atoms with Crippen LogP contribution in [0.3, 0.4) is 0 Å². The van der Waals surface area contributed by atoms with Crippen LogP contribution in [-0.4, -0.2) is 22.0 Å². The molecular formula is C21H20ClNO3. The zero-order valence-corrected chi connectivity index (χ0v) is 15.7. The fourth-order valence-electron chi connectivity index (χ4n) is 2.98. The number of aromatic nitrogens is 1. The number of hydrogen-bond acceptors (Lipinski definition) is 3. The summed E-state index contributed by atoms with van der Waals surface area (Å²) in [5.41, 5.74) is 1.18. The molecule has 0 fully saturated rings. The van der Waals surface area contributed by atoms with Gasteiger partial charge in [0, 0.05) is 21.7 Å². The van der Waals surface area contributed by atoms with Gasteiger partial charge in [-0.2, -0.15) is 0 Å². The van der Waals surface area contributed by atoms with Crippen molar-refractivity contribution in [1.82, 2.24) is 4.57 Å². The Morgan fingerprint density at radius 2 is 1.73 bits per heavy atom. The minimum absolute atomic E-state index is 0.0820. The highest BCUT2D eigenvalue weighted by Gasteiger charge is 2.28. The molecule has 5 heteroatoms. The van der Waals surface area contributed by atoms with E-state index in [1.807, 2.05) is 37.3 Å². The lowest BCUT2D eigenvalue weighted by atomic mass is 9.97. The summed E-state index contributed by atoms with van der Waals surface area (Å²) < 4.78 is 7.20. The monoisotopic (exact) mass is 369 g/mol. The predicted molar refractivity (Wildman–Crippen MR) is 103 cm³/mol. The number of fused-ring (bicyclic) bond motifs is 1. The number of carbonyl (C=O) groups excluding carboxylic acids is 2. The van der Waals surface area contributed by atoms with Gasteiger partial charge in [0.1, 0.15) is 5.60 Å². The Morgan fingerprint density at radius 1 is 1.08 bits per heavy atom. The van der Waals surface area contributed by atoms with Gasteiger partial charge in [0.2, 0.25) is 0 Å². The molecule has 0 radical (unpaired) electrons. The average molecular weight is 370 g/mol. The van der Waals surface area contributed by atoms with Crippen molar-refractivity contribution in [3.63, 3.8) is 0 Å². The van der Waals surface area contributed by atoms with Crippen molar-refractivity contribution in [3.05, 3.63) is 70.9 Å². The Morgan fingerprint density at radius 3 is 2.42 bits per heavy atom.